The van der Waals surface area contributed by atoms with Gasteiger partial charge in [0.05, 0.1) is 28.2 Å². The van der Waals surface area contributed by atoms with E-state index in [-0.39, 0.29) is 30.3 Å². The van der Waals surface area contributed by atoms with E-state index in [2.05, 4.69) is 26.2 Å². The number of halogens is 2. The van der Waals surface area contributed by atoms with Crippen LogP contribution in [-0.4, -0.2) is 58.8 Å². The maximum atomic E-state index is 12.4. The predicted octanol–water partition coefficient (Wildman–Crippen LogP) is 2.63. The number of ether oxygens (including phenoxy) is 1. The van der Waals surface area contributed by atoms with Crippen LogP contribution in [0.1, 0.15) is 29.5 Å². The highest BCUT2D eigenvalue weighted by Gasteiger charge is 2.33. The van der Waals surface area contributed by atoms with Crippen LogP contribution in [0.2, 0.25) is 5.02 Å². The minimum atomic E-state index is -0.980. The number of nitrogens with zero attached hydrogens (tertiary/aromatic N) is 1. The average Bonchev–Trinajstić information content (AvgIpc) is 2.76. The Morgan fingerprint density at radius 1 is 1.57 bits per heavy atom. The van der Waals surface area contributed by atoms with Crippen molar-refractivity contribution in [1.82, 2.24) is 15.2 Å². The summed E-state index contributed by atoms with van der Waals surface area (Å²) in [5.41, 5.74) is 1.05. The van der Waals surface area contributed by atoms with Gasteiger partial charge in [0.2, 0.25) is 0 Å². The topological polar surface area (TPSA) is 94.7 Å². The van der Waals surface area contributed by atoms with Gasteiger partial charge in [-0.15, -0.1) is 0 Å². The second kappa shape index (κ2) is 7.55. The zero-order valence-electron chi connectivity index (χ0n) is 12.9. The van der Waals surface area contributed by atoms with Crippen LogP contribution < -0.4 is 5.32 Å². The Kier molecular flexibility index (Phi) is 5.94. The molecule has 1 aliphatic heterocycles. The summed E-state index contributed by atoms with van der Waals surface area (Å²) < 4.78 is 6.26. The number of nitrogens with one attached hydrogen (secondary N) is 2. The van der Waals surface area contributed by atoms with Crippen molar-refractivity contribution in [3.05, 3.63) is 20.9 Å². The van der Waals surface area contributed by atoms with Gasteiger partial charge in [-0.3, -0.25) is 4.79 Å². The molecule has 2 heterocycles. The molecule has 2 amide bonds. The van der Waals surface area contributed by atoms with E-state index in [9.17, 15) is 9.59 Å². The summed E-state index contributed by atoms with van der Waals surface area (Å²) in [5.74, 6) is -0.331. The Morgan fingerprint density at radius 2 is 2.26 bits per heavy atom. The molecule has 0 unspecified atom stereocenters. The van der Waals surface area contributed by atoms with Gasteiger partial charge in [0.15, 0.2) is 0 Å². The van der Waals surface area contributed by atoms with Gasteiger partial charge in [0, 0.05) is 18.8 Å². The van der Waals surface area contributed by atoms with E-state index in [0.29, 0.717) is 29.1 Å². The molecule has 0 radical (unpaired) electrons. The molecular weight excluding hydrogens is 390 g/mol. The zero-order chi connectivity index (χ0) is 17.1. The number of carbonyl (C=O) groups excluding carboxylic acids is 1. The van der Waals surface area contributed by atoms with Gasteiger partial charge in [-0.2, -0.15) is 0 Å². The van der Waals surface area contributed by atoms with Crippen molar-refractivity contribution in [3.8, 4) is 0 Å². The maximum absolute atomic E-state index is 12.4. The first-order chi connectivity index (χ1) is 10.8. The van der Waals surface area contributed by atoms with E-state index in [1.54, 1.807) is 6.92 Å². The summed E-state index contributed by atoms with van der Waals surface area (Å²) >= 11 is 9.45. The summed E-state index contributed by atoms with van der Waals surface area (Å²) in [7, 11) is 0. The molecule has 1 aromatic rings. The standard InChI is InChI=1S/C14H19BrClN3O4/c1-3-23-9-6-19(14(21)22)5-4-8(9)18-13(20)12-11(16)10(15)7(2)17-12/h8-9,17H,3-6H2,1-2H3,(H,18,20)(H,21,22)/t8-,9+/m1/s1. The number of rotatable bonds is 4. The van der Waals surface area contributed by atoms with Gasteiger partial charge in [0.25, 0.3) is 5.91 Å². The number of hydrogen-bond donors (Lipinski definition) is 3. The van der Waals surface area contributed by atoms with E-state index in [1.807, 2.05) is 6.92 Å². The van der Waals surface area contributed by atoms with Crippen molar-refractivity contribution < 1.29 is 19.4 Å². The summed E-state index contributed by atoms with van der Waals surface area (Å²) in [6.07, 6.45) is -0.875. The highest BCUT2D eigenvalue weighted by Crippen LogP contribution is 2.29. The number of aromatic nitrogens is 1. The molecule has 1 aliphatic rings. The quantitative estimate of drug-likeness (QED) is 0.714. The smallest absolute Gasteiger partial charge is 0.407 e. The van der Waals surface area contributed by atoms with Crippen LogP contribution in [0.3, 0.4) is 0 Å². The van der Waals surface area contributed by atoms with Gasteiger partial charge >= 0.3 is 6.09 Å². The van der Waals surface area contributed by atoms with Crippen LogP contribution in [0.25, 0.3) is 0 Å². The number of likely N-dealkylation sites (tertiary alicyclic amines) is 1. The number of hydrogen-bond acceptors (Lipinski definition) is 3. The third-order valence-corrected chi connectivity index (χ3v) is 5.41. The molecule has 2 rings (SSSR count). The van der Waals surface area contributed by atoms with E-state index in [1.165, 1.54) is 4.90 Å². The van der Waals surface area contributed by atoms with Crippen LogP contribution in [0.15, 0.2) is 4.47 Å². The van der Waals surface area contributed by atoms with Crippen LogP contribution in [-0.2, 0) is 4.74 Å². The summed E-state index contributed by atoms with van der Waals surface area (Å²) in [6, 6.07) is -0.267. The molecule has 7 nitrogen and oxygen atoms in total. The van der Waals surface area contributed by atoms with Gasteiger partial charge in [-0.05, 0) is 36.2 Å². The molecule has 9 heteroatoms. The fourth-order valence-corrected chi connectivity index (χ4v) is 3.18. The fourth-order valence-electron chi connectivity index (χ4n) is 2.61. The molecule has 2 atom stereocenters. The van der Waals surface area contributed by atoms with Gasteiger partial charge in [0.1, 0.15) is 5.69 Å². The lowest BCUT2D eigenvalue weighted by molar-refractivity contribution is -0.0112. The second-order valence-electron chi connectivity index (χ2n) is 5.34. The second-order valence-corrected chi connectivity index (χ2v) is 6.51. The van der Waals surface area contributed by atoms with Crippen molar-refractivity contribution in [1.29, 1.82) is 0 Å². The molecule has 1 aromatic heterocycles. The Balaban J connectivity index is 2.09. The Hall–Kier alpha value is -1.25. The highest BCUT2D eigenvalue weighted by atomic mass is 79.9. The van der Waals surface area contributed by atoms with Crippen molar-refractivity contribution in [2.24, 2.45) is 0 Å². The molecule has 128 valence electrons. The predicted molar refractivity (Wildman–Crippen MR) is 89.1 cm³/mol. The van der Waals surface area contributed by atoms with Crippen LogP contribution in [0, 0.1) is 6.92 Å². The Labute approximate surface area is 147 Å². The normalized spacial score (nSPS) is 21.3. The lowest BCUT2D eigenvalue weighted by Crippen LogP contribution is -2.56. The Morgan fingerprint density at radius 3 is 2.78 bits per heavy atom. The van der Waals surface area contributed by atoms with Crippen molar-refractivity contribution in [2.45, 2.75) is 32.4 Å². The van der Waals surface area contributed by atoms with Crippen LogP contribution in [0.5, 0.6) is 0 Å². The number of carboxylic acid groups (broad SMARTS) is 1. The molecule has 0 aliphatic carbocycles. The molecule has 0 spiro atoms. The van der Waals surface area contributed by atoms with Gasteiger partial charge < -0.3 is 25.0 Å². The monoisotopic (exact) mass is 407 g/mol. The number of piperidine rings is 1. The molecule has 1 saturated heterocycles. The molecular formula is C14H19BrClN3O4. The van der Waals surface area contributed by atoms with E-state index < -0.39 is 6.09 Å². The largest absolute Gasteiger partial charge is 0.465 e. The van der Waals surface area contributed by atoms with E-state index in [4.69, 9.17) is 21.4 Å². The van der Waals surface area contributed by atoms with Crippen molar-refractivity contribution in [2.75, 3.05) is 19.7 Å². The molecule has 1 fully saturated rings. The number of aryl methyl sites for hydroxylation is 1. The van der Waals surface area contributed by atoms with Crippen LogP contribution >= 0.6 is 27.5 Å². The fraction of sp³-hybridized carbons (Fsp3) is 0.571. The van der Waals surface area contributed by atoms with E-state index in [0.717, 1.165) is 5.69 Å². The summed E-state index contributed by atoms with van der Waals surface area (Å²) in [4.78, 5) is 27.8. The first-order valence-electron chi connectivity index (χ1n) is 7.29. The van der Waals surface area contributed by atoms with Crippen molar-refractivity contribution >= 4 is 39.5 Å². The summed E-state index contributed by atoms with van der Waals surface area (Å²) in [5, 5.41) is 12.3. The lowest BCUT2D eigenvalue weighted by Gasteiger charge is -2.37. The number of carbonyl (C=O) groups is 2. The van der Waals surface area contributed by atoms with Gasteiger partial charge in [-0.1, -0.05) is 11.6 Å². The number of aromatic amines is 1. The minimum Gasteiger partial charge on any atom is -0.465 e. The maximum Gasteiger partial charge on any atom is 0.407 e. The third kappa shape index (κ3) is 3.99. The molecule has 0 bridgehead atoms. The van der Waals surface area contributed by atoms with Crippen molar-refractivity contribution in [3.63, 3.8) is 0 Å². The molecule has 0 aromatic carbocycles. The lowest BCUT2D eigenvalue weighted by atomic mass is 10.0. The average molecular weight is 409 g/mol. The minimum absolute atomic E-state index is 0.231. The van der Waals surface area contributed by atoms with Gasteiger partial charge in [-0.25, -0.2) is 4.79 Å². The first kappa shape index (κ1) is 18.1. The molecule has 3 N–H and O–H groups in total. The number of amides is 2. The van der Waals surface area contributed by atoms with Crippen LogP contribution in [0.4, 0.5) is 4.79 Å². The Bertz CT molecular complexity index is 607. The SMILES string of the molecule is CCO[C@H]1CN(C(=O)O)CC[C@H]1NC(=O)c1[nH]c(C)c(Br)c1Cl. The van der Waals surface area contributed by atoms with E-state index >= 15 is 0 Å². The zero-order valence-corrected chi connectivity index (χ0v) is 15.2. The molecule has 23 heavy (non-hydrogen) atoms. The summed E-state index contributed by atoms with van der Waals surface area (Å²) in [6.45, 7) is 4.67. The number of H-pyrrole nitrogens is 1. The highest BCUT2D eigenvalue weighted by molar-refractivity contribution is 9.10. The third-order valence-electron chi connectivity index (χ3n) is 3.81. The molecule has 0 saturated carbocycles. The first-order valence-corrected chi connectivity index (χ1v) is 8.46.